The van der Waals surface area contributed by atoms with Gasteiger partial charge in [0.25, 0.3) is 0 Å². The molecule has 1 aromatic heterocycles. The summed E-state index contributed by atoms with van der Waals surface area (Å²) in [5, 5.41) is 11.6. The predicted octanol–water partition coefficient (Wildman–Crippen LogP) is 2.94. The standard InChI is InChI=1S/C12H13N3O2S2/c1-8(10(16)17-2)18-12-15-14-11(19-12)13-9-6-4-3-5-7-9/h3-8H,1-2H3,(H,13,14). The fourth-order valence-corrected chi connectivity index (χ4v) is 3.26. The van der Waals surface area contributed by atoms with Crippen LogP contribution in [0.15, 0.2) is 34.7 Å². The van der Waals surface area contributed by atoms with Gasteiger partial charge in [-0.25, -0.2) is 0 Å². The van der Waals surface area contributed by atoms with Gasteiger partial charge in [-0.05, 0) is 19.1 Å². The molecular formula is C12H13N3O2S2. The molecular weight excluding hydrogens is 282 g/mol. The fraction of sp³-hybridized carbons (Fsp3) is 0.250. The largest absolute Gasteiger partial charge is 0.468 e. The molecule has 0 radical (unpaired) electrons. The molecule has 0 spiro atoms. The quantitative estimate of drug-likeness (QED) is 0.676. The van der Waals surface area contributed by atoms with Gasteiger partial charge in [0.05, 0.1) is 7.11 Å². The summed E-state index contributed by atoms with van der Waals surface area (Å²) >= 11 is 2.74. The van der Waals surface area contributed by atoms with Crippen LogP contribution in [-0.2, 0) is 9.53 Å². The Kier molecular flexibility index (Phi) is 4.75. The second-order valence-corrected chi connectivity index (χ2v) is 6.21. The molecule has 1 N–H and O–H groups in total. The number of ether oxygens (including phenoxy) is 1. The number of anilines is 2. The maximum atomic E-state index is 11.3. The minimum absolute atomic E-state index is 0.266. The maximum Gasteiger partial charge on any atom is 0.318 e. The molecule has 0 bridgehead atoms. The van der Waals surface area contributed by atoms with Crippen molar-refractivity contribution in [3.05, 3.63) is 30.3 Å². The first-order valence-electron chi connectivity index (χ1n) is 5.59. The smallest absolute Gasteiger partial charge is 0.318 e. The summed E-state index contributed by atoms with van der Waals surface area (Å²) in [5.74, 6) is -0.266. The highest BCUT2D eigenvalue weighted by molar-refractivity contribution is 8.02. The third-order valence-corrected chi connectivity index (χ3v) is 4.24. The van der Waals surface area contributed by atoms with Gasteiger partial charge in [0.15, 0.2) is 4.34 Å². The van der Waals surface area contributed by atoms with Gasteiger partial charge in [-0.2, -0.15) is 0 Å². The highest BCUT2D eigenvalue weighted by Gasteiger charge is 2.17. The van der Waals surface area contributed by atoms with Crippen LogP contribution in [0, 0.1) is 0 Å². The highest BCUT2D eigenvalue weighted by atomic mass is 32.2. The fourth-order valence-electron chi connectivity index (χ4n) is 1.32. The molecule has 0 fully saturated rings. The van der Waals surface area contributed by atoms with E-state index in [1.165, 1.54) is 30.2 Å². The minimum Gasteiger partial charge on any atom is -0.468 e. The number of aromatic nitrogens is 2. The van der Waals surface area contributed by atoms with E-state index in [0.29, 0.717) is 5.13 Å². The van der Waals surface area contributed by atoms with Crippen LogP contribution in [0.1, 0.15) is 6.92 Å². The van der Waals surface area contributed by atoms with Crippen molar-refractivity contribution in [1.29, 1.82) is 0 Å². The molecule has 1 unspecified atom stereocenters. The van der Waals surface area contributed by atoms with Crippen molar-refractivity contribution in [1.82, 2.24) is 10.2 Å². The Bertz CT molecular complexity index is 545. The zero-order valence-electron chi connectivity index (χ0n) is 10.5. The molecule has 0 saturated heterocycles. The molecule has 2 rings (SSSR count). The van der Waals surface area contributed by atoms with E-state index in [1.54, 1.807) is 6.92 Å². The van der Waals surface area contributed by atoms with E-state index >= 15 is 0 Å². The Balaban J connectivity index is 1.98. The lowest BCUT2D eigenvalue weighted by Crippen LogP contribution is -2.14. The van der Waals surface area contributed by atoms with Gasteiger partial charge in [0.2, 0.25) is 5.13 Å². The summed E-state index contributed by atoms with van der Waals surface area (Å²) in [5.41, 5.74) is 0.955. The molecule has 2 aromatic rings. The maximum absolute atomic E-state index is 11.3. The molecule has 0 amide bonds. The molecule has 1 heterocycles. The molecule has 19 heavy (non-hydrogen) atoms. The second kappa shape index (κ2) is 6.53. The number of hydrogen-bond acceptors (Lipinski definition) is 7. The van der Waals surface area contributed by atoms with E-state index in [1.807, 2.05) is 30.3 Å². The summed E-state index contributed by atoms with van der Waals surface area (Å²) in [6.45, 7) is 1.78. The summed E-state index contributed by atoms with van der Waals surface area (Å²) < 4.78 is 5.40. The van der Waals surface area contributed by atoms with Crippen LogP contribution < -0.4 is 5.32 Å². The van der Waals surface area contributed by atoms with Gasteiger partial charge in [0.1, 0.15) is 5.25 Å². The molecule has 0 aliphatic carbocycles. The van der Waals surface area contributed by atoms with Gasteiger partial charge in [-0.15, -0.1) is 10.2 Å². The van der Waals surface area contributed by atoms with E-state index in [4.69, 9.17) is 0 Å². The molecule has 0 aliphatic rings. The molecule has 100 valence electrons. The summed E-state index contributed by atoms with van der Waals surface area (Å²) in [4.78, 5) is 11.3. The lowest BCUT2D eigenvalue weighted by molar-refractivity contribution is -0.139. The number of hydrogen-bond donors (Lipinski definition) is 1. The van der Waals surface area contributed by atoms with Crippen molar-refractivity contribution < 1.29 is 9.53 Å². The van der Waals surface area contributed by atoms with E-state index in [0.717, 1.165) is 10.0 Å². The number of rotatable bonds is 5. The third kappa shape index (κ3) is 3.93. The Morgan fingerprint density at radius 1 is 1.37 bits per heavy atom. The van der Waals surface area contributed by atoms with Gasteiger partial charge in [-0.3, -0.25) is 4.79 Å². The van der Waals surface area contributed by atoms with Gasteiger partial charge in [-0.1, -0.05) is 41.3 Å². The molecule has 1 atom stereocenters. The van der Waals surface area contributed by atoms with Crippen LogP contribution in [0.2, 0.25) is 0 Å². The first-order chi connectivity index (χ1) is 9.19. The molecule has 7 heteroatoms. The van der Waals surface area contributed by atoms with Crippen molar-refractivity contribution in [3.8, 4) is 0 Å². The van der Waals surface area contributed by atoms with Crippen LogP contribution in [-0.4, -0.2) is 28.5 Å². The molecule has 5 nitrogen and oxygen atoms in total. The van der Waals surface area contributed by atoms with Crippen LogP contribution in [0.4, 0.5) is 10.8 Å². The lowest BCUT2D eigenvalue weighted by atomic mass is 10.3. The SMILES string of the molecule is COC(=O)C(C)Sc1nnc(Nc2ccccc2)s1. The van der Waals surface area contributed by atoms with Crippen molar-refractivity contribution in [2.75, 3.05) is 12.4 Å². The van der Waals surface area contributed by atoms with Crippen molar-refractivity contribution in [3.63, 3.8) is 0 Å². The molecule has 0 saturated carbocycles. The van der Waals surface area contributed by atoms with Gasteiger partial charge >= 0.3 is 5.97 Å². The number of thioether (sulfide) groups is 1. The van der Waals surface area contributed by atoms with Crippen molar-refractivity contribution >= 4 is 39.9 Å². The summed E-state index contributed by atoms with van der Waals surface area (Å²) in [6.07, 6.45) is 0. The minimum atomic E-state index is -0.289. The number of nitrogens with zero attached hydrogens (tertiary/aromatic N) is 2. The van der Waals surface area contributed by atoms with Crippen LogP contribution in [0.25, 0.3) is 0 Å². The van der Waals surface area contributed by atoms with Crippen LogP contribution >= 0.6 is 23.1 Å². The average molecular weight is 295 g/mol. The van der Waals surface area contributed by atoms with E-state index in [-0.39, 0.29) is 11.2 Å². The Morgan fingerprint density at radius 3 is 2.79 bits per heavy atom. The lowest BCUT2D eigenvalue weighted by Gasteiger charge is -2.04. The third-order valence-electron chi connectivity index (χ3n) is 2.24. The number of carbonyl (C=O) groups is 1. The summed E-state index contributed by atoms with van der Waals surface area (Å²) in [7, 11) is 1.38. The molecule has 1 aromatic carbocycles. The Hall–Kier alpha value is -1.60. The predicted molar refractivity (Wildman–Crippen MR) is 77.0 cm³/mol. The van der Waals surface area contributed by atoms with Gasteiger partial charge in [0, 0.05) is 5.69 Å². The monoisotopic (exact) mass is 295 g/mol. The topological polar surface area (TPSA) is 64.1 Å². The number of esters is 1. The summed E-state index contributed by atoms with van der Waals surface area (Å²) in [6, 6.07) is 9.73. The van der Waals surface area contributed by atoms with E-state index in [9.17, 15) is 4.79 Å². The number of para-hydroxylation sites is 1. The van der Waals surface area contributed by atoms with Gasteiger partial charge < -0.3 is 10.1 Å². The Labute approximate surface area is 119 Å². The van der Waals surface area contributed by atoms with Crippen LogP contribution in [0.3, 0.4) is 0 Å². The Morgan fingerprint density at radius 2 is 2.11 bits per heavy atom. The zero-order chi connectivity index (χ0) is 13.7. The zero-order valence-corrected chi connectivity index (χ0v) is 12.1. The number of nitrogens with one attached hydrogen (secondary N) is 1. The average Bonchev–Trinajstić information content (AvgIpc) is 2.86. The van der Waals surface area contributed by atoms with E-state index < -0.39 is 0 Å². The molecule has 0 aliphatic heterocycles. The second-order valence-electron chi connectivity index (χ2n) is 3.65. The van der Waals surface area contributed by atoms with Crippen LogP contribution in [0.5, 0.6) is 0 Å². The van der Waals surface area contributed by atoms with E-state index in [2.05, 4.69) is 20.3 Å². The van der Waals surface area contributed by atoms with Crippen molar-refractivity contribution in [2.45, 2.75) is 16.5 Å². The number of methoxy groups -OCH3 is 1. The number of carbonyl (C=O) groups excluding carboxylic acids is 1. The van der Waals surface area contributed by atoms with Crippen molar-refractivity contribution in [2.24, 2.45) is 0 Å². The number of benzene rings is 1. The highest BCUT2D eigenvalue weighted by Crippen LogP contribution is 2.30. The first kappa shape index (κ1) is 13.8. The normalized spacial score (nSPS) is 11.9. The first-order valence-corrected chi connectivity index (χ1v) is 7.28.